The summed E-state index contributed by atoms with van der Waals surface area (Å²) in [7, 11) is 1.67. The average Bonchev–Trinajstić information content (AvgIpc) is 3.03. The third kappa shape index (κ3) is 2.96. The molecule has 120 valence electrons. The number of likely N-dealkylation sites (tertiary alicyclic amines) is 1. The Morgan fingerprint density at radius 1 is 1.36 bits per heavy atom. The zero-order chi connectivity index (χ0) is 15.7. The van der Waals surface area contributed by atoms with E-state index in [-0.39, 0.29) is 5.92 Å². The van der Waals surface area contributed by atoms with Gasteiger partial charge in [-0.2, -0.15) is 0 Å². The van der Waals surface area contributed by atoms with Crippen LogP contribution in [0.5, 0.6) is 5.75 Å². The number of carboxylic acids is 1. The molecular weight excluding hydrogens is 282 g/mol. The third-order valence-electron chi connectivity index (χ3n) is 4.77. The van der Waals surface area contributed by atoms with Crippen molar-refractivity contribution in [2.75, 3.05) is 26.8 Å². The molecule has 3 atom stereocenters. The van der Waals surface area contributed by atoms with Crippen molar-refractivity contribution in [2.45, 2.75) is 20.1 Å². The zero-order valence-corrected chi connectivity index (χ0v) is 13.1. The van der Waals surface area contributed by atoms with E-state index in [4.69, 9.17) is 14.6 Å². The summed E-state index contributed by atoms with van der Waals surface area (Å²) >= 11 is 0. The molecule has 3 rings (SSSR count). The smallest absolute Gasteiger partial charge is 0.307 e. The molecule has 1 saturated carbocycles. The van der Waals surface area contributed by atoms with Crippen LogP contribution in [0.3, 0.4) is 0 Å². The van der Waals surface area contributed by atoms with Crippen LogP contribution < -0.4 is 4.74 Å². The molecule has 1 saturated heterocycles. The van der Waals surface area contributed by atoms with E-state index in [2.05, 4.69) is 17.0 Å². The standard InChI is InChI=1S/C17H23NO4/c1-3-22-10-12-6-11(4-5-15(12)21-2)7-18-8-13-14(9-18)16(13)17(19)20/h4-6,13-14,16H,3,7-10H2,1-2H3,(H,19,20)/t13-,14+,16?. The maximum absolute atomic E-state index is 11.0. The van der Waals surface area contributed by atoms with Crippen molar-refractivity contribution in [1.82, 2.24) is 4.90 Å². The first kappa shape index (κ1) is 15.3. The molecular formula is C17H23NO4. The fourth-order valence-electron chi connectivity index (χ4n) is 3.62. The highest BCUT2D eigenvalue weighted by Crippen LogP contribution is 2.52. The molecule has 5 heteroatoms. The molecule has 1 aromatic carbocycles. The molecule has 1 unspecified atom stereocenters. The van der Waals surface area contributed by atoms with Crippen molar-refractivity contribution in [3.63, 3.8) is 0 Å². The molecule has 22 heavy (non-hydrogen) atoms. The summed E-state index contributed by atoms with van der Waals surface area (Å²) < 4.78 is 10.9. The normalized spacial score (nSPS) is 26.7. The van der Waals surface area contributed by atoms with Crippen LogP contribution in [0.25, 0.3) is 0 Å². The van der Waals surface area contributed by atoms with E-state index in [1.54, 1.807) is 7.11 Å². The van der Waals surface area contributed by atoms with Crippen LogP contribution in [0.1, 0.15) is 18.1 Å². The van der Waals surface area contributed by atoms with Crippen molar-refractivity contribution in [1.29, 1.82) is 0 Å². The van der Waals surface area contributed by atoms with Crippen molar-refractivity contribution in [3.8, 4) is 5.75 Å². The number of hydrogen-bond acceptors (Lipinski definition) is 4. The lowest BCUT2D eigenvalue weighted by atomic mass is 10.1. The second-order valence-electron chi connectivity index (χ2n) is 6.17. The Kier molecular flexibility index (Phi) is 4.36. The first-order chi connectivity index (χ1) is 10.6. The summed E-state index contributed by atoms with van der Waals surface area (Å²) in [4.78, 5) is 13.4. The van der Waals surface area contributed by atoms with E-state index < -0.39 is 5.97 Å². The number of methoxy groups -OCH3 is 1. The Morgan fingerprint density at radius 3 is 2.68 bits per heavy atom. The number of nitrogens with zero attached hydrogens (tertiary/aromatic N) is 1. The molecule has 1 aliphatic carbocycles. The molecule has 0 bridgehead atoms. The van der Waals surface area contributed by atoms with Gasteiger partial charge in [0.05, 0.1) is 19.6 Å². The van der Waals surface area contributed by atoms with Crippen molar-refractivity contribution >= 4 is 5.97 Å². The molecule has 1 aromatic rings. The molecule has 2 fully saturated rings. The first-order valence-electron chi connectivity index (χ1n) is 7.82. The minimum atomic E-state index is -0.627. The summed E-state index contributed by atoms with van der Waals surface area (Å²) in [5, 5.41) is 9.07. The fraction of sp³-hybridized carbons (Fsp3) is 0.588. The number of carbonyl (C=O) groups is 1. The Hall–Kier alpha value is -1.59. The molecule has 2 aliphatic rings. The average molecular weight is 305 g/mol. The Labute approximate surface area is 130 Å². The number of carboxylic acid groups (broad SMARTS) is 1. The number of fused-ring (bicyclic) bond motifs is 1. The van der Waals surface area contributed by atoms with Gasteiger partial charge in [-0.3, -0.25) is 9.69 Å². The van der Waals surface area contributed by atoms with Crippen LogP contribution >= 0.6 is 0 Å². The summed E-state index contributed by atoms with van der Waals surface area (Å²) in [6.07, 6.45) is 0. The predicted molar refractivity (Wildman–Crippen MR) is 81.7 cm³/mol. The molecule has 1 heterocycles. The summed E-state index contributed by atoms with van der Waals surface area (Å²) in [6.45, 7) is 5.87. The highest BCUT2D eigenvalue weighted by atomic mass is 16.5. The van der Waals surface area contributed by atoms with E-state index in [0.29, 0.717) is 25.0 Å². The van der Waals surface area contributed by atoms with Crippen LogP contribution in [-0.4, -0.2) is 42.8 Å². The Bertz CT molecular complexity index is 548. The van der Waals surface area contributed by atoms with Gasteiger partial charge >= 0.3 is 5.97 Å². The van der Waals surface area contributed by atoms with Crippen LogP contribution in [0.15, 0.2) is 18.2 Å². The minimum Gasteiger partial charge on any atom is -0.496 e. The number of aliphatic carboxylic acids is 1. The molecule has 1 N–H and O–H groups in total. The van der Waals surface area contributed by atoms with Crippen LogP contribution in [0.4, 0.5) is 0 Å². The highest BCUT2D eigenvalue weighted by Gasteiger charge is 2.59. The number of piperidine rings is 1. The van der Waals surface area contributed by atoms with E-state index in [9.17, 15) is 4.79 Å². The van der Waals surface area contributed by atoms with E-state index in [1.807, 2.05) is 13.0 Å². The Morgan fingerprint density at radius 2 is 2.09 bits per heavy atom. The SMILES string of the molecule is CCOCc1cc(CN2C[C@@H]3C(C(=O)O)[C@@H]3C2)ccc1OC. The van der Waals surface area contributed by atoms with Crippen molar-refractivity contribution in [3.05, 3.63) is 29.3 Å². The molecule has 0 radical (unpaired) electrons. The maximum Gasteiger partial charge on any atom is 0.307 e. The molecule has 1 aliphatic heterocycles. The highest BCUT2D eigenvalue weighted by molar-refractivity contribution is 5.74. The summed E-state index contributed by atoms with van der Waals surface area (Å²) in [5.74, 6) is 0.850. The summed E-state index contributed by atoms with van der Waals surface area (Å²) in [5.41, 5.74) is 2.29. The maximum atomic E-state index is 11.0. The Balaban J connectivity index is 1.61. The number of rotatable bonds is 7. The van der Waals surface area contributed by atoms with Gasteiger partial charge in [0.25, 0.3) is 0 Å². The van der Waals surface area contributed by atoms with Crippen molar-refractivity contribution < 1.29 is 19.4 Å². The van der Waals surface area contributed by atoms with Gasteiger partial charge in [-0.15, -0.1) is 0 Å². The van der Waals surface area contributed by atoms with Gasteiger partial charge < -0.3 is 14.6 Å². The zero-order valence-electron chi connectivity index (χ0n) is 13.1. The quantitative estimate of drug-likeness (QED) is 0.835. The lowest BCUT2D eigenvalue weighted by Gasteiger charge is -2.19. The van der Waals surface area contributed by atoms with E-state index in [0.717, 1.165) is 30.9 Å². The van der Waals surface area contributed by atoms with Gasteiger partial charge in [0.2, 0.25) is 0 Å². The second kappa shape index (κ2) is 6.26. The monoisotopic (exact) mass is 305 g/mol. The van der Waals surface area contributed by atoms with Gasteiger partial charge in [-0.1, -0.05) is 6.07 Å². The topological polar surface area (TPSA) is 59.0 Å². The molecule has 0 spiro atoms. The predicted octanol–water partition coefficient (Wildman–Crippen LogP) is 1.99. The number of ether oxygens (including phenoxy) is 2. The summed E-state index contributed by atoms with van der Waals surface area (Å²) in [6, 6.07) is 6.19. The fourth-order valence-corrected chi connectivity index (χ4v) is 3.62. The molecule has 5 nitrogen and oxygen atoms in total. The third-order valence-corrected chi connectivity index (χ3v) is 4.77. The van der Waals surface area contributed by atoms with Crippen LogP contribution in [-0.2, 0) is 22.7 Å². The van der Waals surface area contributed by atoms with Crippen LogP contribution in [0.2, 0.25) is 0 Å². The van der Waals surface area contributed by atoms with Gasteiger partial charge in [-0.05, 0) is 36.5 Å². The molecule has 0 amide bonds. The van der Waals surface area contributed by atoms with Gasteiger partial charge in [0, 0.05) is 31.8 Å². The van der Waals surface area contributed by atoms with Gasteiger partial charge in [0.1, 0.15) is 5.75 Å². The lowest BCUT2D eigenvalue weighted by Crippen LogP contribution is -2.25. The second-order valence-corrected chi connectivity index (χ2v) is 6.17. The minimum absolute atomic E-state index is 0.0966. The van der Waals surface area contributed by atoms with Gasteiger partial charge in [0.15, 0.2) is 0 Å². The first-order valence-corrected chi connectivity index (χ1v) is 7.82. The number of benzene rings is 1. The van der Waals surface area contributed by atoms with Gasteiger partial charge in [-0.25, -0.2) is 0 Å². The molecule has 0 aromatic heterocycles. The van der Waals surface area contributed by atoms with E-state index in [1.165, 1.54) is 5.56 Å². The number of hydrogen-bond donors (Lipinski definition) is 1. The van der Waals surface area contributed by atoms with Crippen molar-refractivity contribution in [2.24, 2.45) is 17.8 Å². The lowest BCUT2D eigenvalue weighted by molar-refractivity contribution is -0.139. The van der Waals surface area contributed by atoms with E-state index >= 15 is 0 Å². The largest absolute Gasteiger partial charge is 0.496 e. The van der Waals surface area contributed by atoms with Crippen LogP contribution in [0, 0.1) is 17.8 Å².